The van der Waals surface area contributed by atoms with Crippen molar-refractivity contribution in [2.24, 2.45) is 0 Å². The van der Waals surface area contributed by atoms with Gasteiger partial charge in [-0.05, 0) is 79.6 Å². The molecule has 36 heavy (non-hydrogen) atoms. The van der Waals surface area contributed by atoms with Crippen LogP contribution in [-0.4, -0.2) is 35.7 Å². The number of hydrogen-bond donors (Lipinski definition) is 3. The molecule has 0 aliphatic heterocycles. The minimum absolute atomic E-state index is 0.197. The number of aromatic amines is 1. The van der Waals surface area contributed by atoms with Crippen molar-refractivity contribution in [1.29, 1.82) is 0 Å². The van der Waals surface area contributed by atoms with Crippen molar-refractivity contribution < 1.29 is 18.7 Å². The van der Waals surface area contributed by atoms with Crippen LogP contribution in [0.1, 0.15) is 44.0 Å². The van der Waals surface area contributed by atoms with Crippen LogP contribution in [-0.2, 0) is 6.42 Å². The van der Waals surface area contributed by atoms with Gasteiger partial charge in [-0.2, -0.15) is 0 Å². The second-order valence-electron chi connectivity index (χ2n) is 8.39. The van der Waals surface area contributed by atoms with Crippen molar-refractivity contribution in [1.82, 2.24) is 15.0 Å². The van der Waals surface area contributed by atoms with Crippen LogP contribution in [0.3, 0.4) is 0 Å². The highest BCUT2D eigenvalue weighted by molar-refractivity contribution is 7.97. The predicted octanol–water partition coefficient (Wildman–Crippen LogP) is 5.85. The summed E-state index contributed by atoms with van der Waals surface area (Å²) in [5.41, 5.74) is 4.87. The van der Waals surface area contributed by atoms with Gasteiger partial charge in [-0.25, -0.2) is 0 Å². The molecule has 0 saturated heterocycles. The summed E-state index contributed by atoms with van der Waals surface area (Å²) in [5, 5.41) is 4.57. The molecule has 4 rings (SSSR count). The third-order valence-electron chi connectivity index (χ3n) is 5.73. The quantitative estimate of drug-likeness (QED) is 0.168. The van der Waals surface area contributed by atoms with E-state index in [1.54, 1.807) is 6.07 Å². The van der Waals surface area contributed by atoms with Crippen LogP contribution >= 0.6 is 23.5 Å². The summed E-state index contributed by atoms with van der Waals surface area (Å²) in [6, 6.07) is 13.4. The lowest BCUT2D eigenvalue weighted by molar-refractivity contribution is 0.0954. The highest BCUT2D eigenvalue weighted by atomic mass is 35.5. The molecule has 3 N–H and O–H groups in total. The van der Waals surface area contributed by atoms with Crippen molar-refractivity contribution in [3.05, 3.63) is 88.0 Å². The van der Waals surface area contributed by atoms with Crippen LogP contribution in [0.5, 0.6) is 5.75 Å². The zero-order valence-electron chi connectivity index (χ0n) is 20.2. The molecule has 0 unspecified atom stereocenters. The van der Waals surface area contributed by atoms with Gasteiger partial charge < -0.3 is 19.5 Å². The van der Waals surface area contributed by atoms with Gasteiger partial charge in [0, 0.05) is 28.2 Å². The van der Waals surface area contributed by atoms with E-state index < -0.39 is 0 Å². The molecule has 0 aliphatic rings. The number of nitrogens with one attached hydrogen (secondary N) is 3. The number of carbonyl (C=O) groups is 2. The number of ether oxygens (including phenoxy) is 1. The van der Waals surface area contributed by atoms with E-state index >= 15 is 0 Å². The number of furan rings is 1. The number of carbonyl (C=O) groups excluding carboxylic acids is 2. The van der Waals surface area contributed by atoms with E-state index in [9.17, 15) is 9.59 Å². The fraction of sp³-hybridized carbons (Fsp3) is 0.259. The average Bonchev–Trinajstić information content (AvgIpc) is 3.53. The van der Waals surface area contributed by atoms with E-state index in [4.69, 9.17) is 20.8 Å². The number of rotatable bonds is 11. The summed E-state index contributed by atoms with van der Waals surface area (Å²) in [7, 11) is 0. The van der Waals surface area contributed by atoms with Gasteiger partial charge in [0.25, 0.3) is 11.8 Å². The summed E-state index contributed by atoms with van der Waals surface area (Å²) >= 11 is 7.50. The van der Waals surface area contributed by atoms with E-state index in [1.165, 1.54) is 24.5 Å². The van der Waals surface area contributed by atoms with E-state index in [1.807, 2.05) is 50.2 Å². The van der Waals surface area contributed by atoms with Gasteiger partial charge in [0.15, 0.2) is 0 Å². The molecule has 0 bridgehead atoms. The lowest BCUT2D eigenvalue weighted by Crippen LogP contribution is -2.27. The van der Waals surface area contributed by atoms with Gasteiger partial charge in [0.05, 0.1) is 18.4 Å². The molecule has 0 atom stereocenters. The number of aromatic nitrogens is 1. The number of aryl methyl sites for hydroxylation is 3. The zero-order valence-corrected chi connectivity index (χ0v) is 21.7. The number of halogens is 1. The van der Waals surface area contributed by atoms with Gasteiger partial charge in [-0.15, -0.1) is 0 Å². The molecule has 2 aromatic carbocycles. The Morgan fingerprint density at radius 2 is 1.89 bits per heavy atom. The molecule has 0 aliphatic carbocycles. The second kappa shape index (κ2) is 12.1. The van der Waals surface area contributed by atoms with Crippen molar-refractivity contribution in [2.45, 2.75) is 26.7 Å². The maximum Gasteiger partial charge on any atom is 0.277 e. The Morgan fingerprint density at radius 1 is 1.11 bits per heavy atom. The van der Waals surface area contributed by atoms with Crippen LogP contribution in [0.4, 0.5) is 0 Å². The minimum Gasteiger partial charge on any atom is -0.494 e. The molecule has 2 amide bonds. The van der Waals surface area contributed by atoms with Crippen molar-refractivity contribution in [2.75, 3.05) is 18.9 Å². The highest BCUT2D eigenvalue weighted by Crippen LogP contribution is 2.27. The summed E-state index contributed by atoms with van der Waals surface area (Å²) in [6.07, 6.45) is 4.28. The summed E-state index contributed by atoms with van der Waals surface area (Å²) in [6.45, 7) is 4.86. The Hall–Kier alpha value is -3.36. The molecule has 4 aromatic rings. The van der Waals surface area contributed by atoms with Crippen molar-refractivity contribution in [3.8, 4) is 5.75 Å². The van der Waals surface area contributed by atoms with Gasteiger partial charge in [0.2, 0.25) is 0 Å². The first-order valence-corrected chi connectivity index (χ1v) is 13.0. The van der Waals surface area contributed by atoms with Gasteiger partial charge in [-0.1, -0.05) is 29.8 Å². The molecule has 7 nitrogen and oxygen atoms in total. The lowest BCUT2D eigenvalue weighted by Gasteiger charge is -2.10. The largest absolute Gasteiger partial charge is 0.494 e. The Balaban J connectivity index is 1.32. The first-order valence-electron chi connectivity index (χ1n) is 11.7. The number of hydrogen-bond acceptors (Lipinski definition) is 5. The number of amides is 2. The van der Waals surface area contributed by atoms with Crippen molar-refractivity contribution >= 4 is 46.3 Å². The molecule has 2 heterocycles. The third kappa shape index (κ3) is 6.25. The van der Waals surface area contributed by atoms with E-state index in [0.29, 0.717) is 36.6 Å². The van der Waals surface area contributed by atoms with Crippen molar-refractivity contribution in [3.63, 3.8) is 0 Å². The smallest absolute Gasteiger partial charge is 0.277 e. The normalized spacial score (nSPS) is 11.0. The standard InChI is InChI=1S/C27H28ClN3O4S/c1-17-14-20(15-18(2)24(17)28)35-11-5-7-22-21-6-3-4-8-23(21)30-25(22)27(33)31-36-13-10-29-26(32)19-9-12-34-16-19/h3-4,6,8-9,12,14-16,30H,5,7,10-11,13H2,1-2H3,(H,29,32)(H,31,33). The second-order valence-corrected chi connectivity index (χ2v) is 9.67. The van der Waals surface area contributed by atoms with Crippen LogP contribution < -0.4 is 14.8 Å². The summed E-state index contributed by atoms with van der Waals surface area (Å²) < 4.78 is 13.7. The maximum absolute atomic E-state index is 13.0. The number of fused-ring (bicyclic) bond motifs is 1. The SMILES string of the molecule is Cc1cc(OCCCc2c(C(=O)NSCCNC(=O)c3ccoc3)[nH]c3ccccc23)cc(C)c1Cl. The monoisotopic (exact) mass is 525 g/mol. The molecule has 9 heteroatoms. The number of para-hydroxylation sites is 1. The van der Waals surface area contributed by atoms with Gasteiger partial charge in [-0.3, -0.25) is 14.3 Å². The Kier molecular flexibility index (Phi) is 8.61. The number of benzene rings is 2. The summed E-state index contributed by atoms with van der Waals surface area (Å²) in [5.74, 6) is 0.915. The predicted molar refractivity (Wildman–Crippen MR) is 144 cm³/mol. The van der Waals surface area contributed by atoms with Gasteiger partial charge in [0.1, 0.15) is 17.7 Å². The van der Waals surface area contributed by atoms with Crippen LogP contribution in [0, 0.1) is 13.8 Å². The van der Waals surface area contributed by atoms with E-state index in [-0.39, 0.29) is 11.8 Å². The Bertz CT molecular complexity index is 1330. The molecular formula is C27H28ClN3O4S. The highest BCUT2D eigenvalue weighted by Gasteiger charge is 2.17. The van der Waals surface area contributed by atoms with Gasteiger partial charge >= 0.3 is 0 Å². The lowest BCUT2D eigenvalue weighted by atomic mass is 10.1. The first-order chi connectivity index (χ1) is 17.4. The molecule has 0 fully saturated rings. The molecule has 2 aromatic heterocycles. The molecule has 0 saturated carbocycles. The molecular weight excluding hydrogens is 498 g/mol. The average molecular weight is 526 g/mol. The van der Waals surface area contributed by atoms with Crippen LogP contribution in [0.15, 0.2) is 59.4 Å². The maximum atomic E-state index is 13.0. The molecule has 0 radical (unpaired) electrons. The summed E-state index contributed by atoms with van der Waals surface area (Å²) in [4.78, 5) is 28.2. The van der Waals surface area contributed by atoms with E-state index in [0.717, 1.165) is 44.8 Å². The third-order valence-corrected chi connectivity index (χ3v) is 7.06. The fourth-order valence-electron chi connectivity index (χ4n) is 3.96. The van der Waals surface area contributed by atoms with Crippen LogP contribution in [0.2, 0.25) is 5.02 Å². The minimum atomic E-state index is -0.209. The molecule has 188 valence electrons. The topological polar surface area (TPSA) is 96.4 Å². The molecule has 0 spiro atoms. The van der Waals surface area contributed by atoms with Crippen LogP contribution in [0.25, 0.3) is 10.9 Å². The fourth-order valence-corrected chi connectivity index (χ4v) is 4.61. The Morgan fingerprint density at radius 3 is 2.64 bits per heavy atom. The zero-order chi connectivity index (χ0) is 25.5. The number of H-pyrrole nitrogens is 1. The first kappa shape index (κ1) is 25.7. The van der Waals surface area contributed by atoms with E-state index in [2.05, 4.69) is 15.0 Å². The Labute approximate surface area is 219 Å².